The Hall–Kier alpha value is -2.53. The lowest BCUT2D eigenvalue weighted by Gasteiger charge is -2.13. The minimum atomic E-state index is -0.239. The van der Waals surface area contributed by atoms with E-state index in [-0.39, 0.29) is 18.7 Å². The predicted octanol–water partition coefficient (Wildman–Crippen LogP) is 1.98. The summed E-state index contributed by atoms with van der Waals surface area (Å²) in [7, 11) is 0. The van der Waals surface area contributed by atoms with Gasteiger partial charge >= 0.3 is 6.03 Å². The van der Waals surface area contributed by atoms with Crippen molar-refractivity contribution in [2.24, 2.45) is 0 Å². The third-order valence-corrected chi connectivity index (χ3v) is 3.93. The van der Waals surface area contributed by atoms with E-state index in [1.807, 2.05) is 48.5 Å². The number of carbonyl (C=O) groups is 1. The molecule has 1 atom stereocenters. The molecule has 5 nitrogen and oxygen atoms in total. The minimum absolute atomic E-state index is 0.0251. The summed E-state index contributed by atoms with van der Waals surface area (Å²) in [6.07, 6.45) is 0.784. The maximum Gasteiger partial charge on any atom is 0.315 e. The first-order chi connectivity index (χ1) is 11.3. The van der Waals surface area contributed by atoms with Crippen molar-refractivity contribution in [2.45, 2.75) is 25.7 Å². The molecule has 0 bridgehead atoms. The SMILES string of the molecule is O=C(NCc1ccccc1CO)NCC1Cc2ccccc2O1. The standard InChI is InChI=1S/C18H20N2O3/c21-12-15-7-2-1-6-14(15)10-19-18(22)20-11-16-9-13-5-3-4-8-17(13)23-16/h1-8,16,21H,9-12H2,(H2,19,20,22). The van der Waals surface area contributed by atoms with Crippen molar-refractivity contribution in [3.05, 3.63) is 65.2 Å². The van der Waals surface area contributed by atoms with Gasteiger partial charge in [-0.15, -0.1) is 0 Å². The first kappa shape index (κ1) is 15.4. The maximum absolute atomic E-state index is 11.9. The number of nitrogens with one attached hydrogen (secondary N) is 2. The number of ether oxygens (including phenoxy) is 1. The first-order valence-corrected chi connectivity index (χ1v) is 7.70. The smallest absolute Gasteiger partial charge is 0.315 e. The molecule has 0 fully saturated rings. The molecule has 2 aromatic rings. The normalized spacial score (nSPS) is 15.6. The molecule has 5 heteroatoms. The van der Waals surface area contributed by atoms with Gasteiger partial charge in [-0.05, 0) is 22.8 Å². The summed E-state index contributed by atoms with van der Waals surface area (Å²) < 4.78 is 5.78. The first-order valence-electron chi connectivity index (χ1n) is 7.70. The minimum Gasteiger partial charge on any atom is -0.488 e. The van der Waals surface area contributed by atoms with E-state index in [0.717, 1.165) is 23.3 Å². The Balaban J connectivity index is 1.44. The van der Waals surface area contributed by atoms with Gasteiger partial charge in [0.2, 0.25) is 0 Å². The Morgan fingerprint density at radius 3 is 2.61 bits per heavy atom. The molecule has 3 rings (SSSR count). The monoisotopic (exact) mass is 312 g/mol. The number of hydrogen-bond acceptors (Lipinski definition) is 3. The Kier molecular flexibility index (Phi) is 4.78. The van der Waals surface area contributed by atoms with E-state index < -0.39 is 0 Å². The van der Waals surface area contributed by atoms with E-state index in [0.29, 0.717) is 13.1 Å². The Labute approximate surface area is 135 Å². The fourth-order valence-corrected chi connectivity index (χ4v) is 2.70. The fraction of sp³-hybridized carbons (Fsp3) is 0.278. The van der Waals surface area contributed by atoms with E-state index in [4.69, 9.17) is 4.74 Å². The second kappa shape index (κ2) is 7.15. The number of aliphatic hydroxyl groups is 1. The van der Waals surface area contributed by atoms with Crippen LogP contribution in [0.15, 0.2) is 48.5 Å². The van der Waals surface area contributed by atoms with Crippen LogP contribution in [0.3, 0.4) is 0 Å². The predicted molar refractivity (Wildman–Crippen MR) is 87.2 cm³/mol. The lowest BCUT2D eigenvalue weighted by atomic mass is 10.1. The van der Waals surface area contributed by atoms with E-state index in [9.17, 15) is 9.90 Å². The highest BCUT2D eigenvalue weighted by Gasteiger charge is 2.22. The molecule has 2 amide bonds. The third-order valence-electron chi connectivity index (χ3n) is 3.93. The molecule has 0 saturated heterocycles. The Bertz CT molecular complexity index is 662. The van der Waals surface area contributed by atoms with E-state index in [1.54, 1.807) is 0 Å². The van der Waals surface area contributed by atoms with Crippen molar-refractivity contribution < 1.29 is 14.6 Å². The molecule has 0 radical (unpaired) electrons. The quantitative estimate of drug-likeness (QED) is 0.790. The topological polar surface area (TPSA) is 70.6 Å². The van der Waals surface area contributed by atoms with Gasteiger partial charge in [-0.25, -0.2) is 4.79 Å². The molecule has 1 unspecified atom stereocenters. The lowest BCUT2D eigenvalue weighted by Crippen LogP contribution is -2.40. The second-order valence-electron chi connectivity index (χ2n) is 5.54. The number of rotatable bonds is 5. The van der Waals surface area contributed by atoms with Gasteiger partial charge in [0.05, 0.1) is 13.2 Å². The molecule has 1 aliphatic heterocycles. The number of para-hydroxylation sites is 1. The van der Waals surface area contributed by atoms with E-state index in [2.05, 4.69) is 10.6 Å². The summed E-state index contributed by atoms with van der Waals surface area (Å²) in [5.41, 5.74) is 2.91. The number of aliphatic hydroxyl groups excluding tert-OH is 1. The Morgan fingerprint density at radius 1 is 1.09 bits per heavy atom. The summed E-state index contributed by atoms with van der Waals surface area (Å²) in [5.74, 6) is 0.900. The summed E-state index contributed by atoms with van der Waals surface area (Å²) in [5, 5.41) is 14.9. The van der Waals surface area contributed by atoms with Crippen LogP contribution in [0.4, 0.5) is 4.79 Å². The van der Waals surface area contributed by atoms with Crippen molar-refractivity contribution in [1.82, 2.24) is 10.6 Å². The lowest BCUT2D eigenvalue weighted by molar-refractivity contribution is 0.213. The van der Waals surface area contributed by atoms with Gasteiger partial charge in [0.15, 0.2) is 0 Å². The highest BCUT2D eigenvalue weighted by atomic mass is 16.5. The van der Waals surface area contributed by atoms with E-state index in [1.165, 1.54) is 5.56 Å². The summed E-state index contributed by atoms with van der Waals surface area (Å²) in [6, 6.07) is 15.2. The second-order valence-corrected chi connectivity index (χ2v) is 5.54. The van der Waals surface area contributed by atoms with Crippen LogP contribution in [-0.2, 0) is 19.6 Å². The Morgan fingerprint density at radius 2 is 1.83 bits per heavy atom. The zero-order chi connectivity index (χ0) is 16.1. The van der Waals surface area contributed by atoms with Gasteiger partial charge in [-0.1, -0.05) is 42.5 Å². The zero-order valence-electron chi connectivity index (χ0n) is 12.8. The average Bonchev–Trinajstić information content (AvgIpc) is 3.01. The largest absolute Gasteiger partial charge is 0.488 e. The van der Waals surface area contributed by atoms with Gasteiger partial charge in [0, 0.05) is 13.0 Å². The van der Waals surface area contributed by atoms with Crippen molar-refractivity contribution >= 4 is 6.03 Å². The molecule has 0 aliphatic carbocycles. The number of hydrogen-bond donors (Lipinski definition) is 3. The summed E-state index contributed by atoms with van der Waals surface area (Å²) in [4.78, 5) is 11.9. The van der Waals surface area contributed by atoms with Crippen LogP contribution < -0.4 is 15.4 Å². The number of amides is 2. The van der Waals surface area contributed by atoms with Crippen LogP contribution in [0.1, 0.15) is 16.7 Å². The van der Waals surface area contributed by atoms with E-state index >= 15 is 0 Å². The summed E-state index contributed by atoms with van der Waals surface area (Å²) in [6.45, 7) is 0.810. The number of carbonyl (C=O) groups excluding carboxylic acids is 1. The van der Waals surface area contributed by atoms with Crippen LogP contribution in [0.2, 0.25) is 0 Å². The molecular weight excluding hydrogens is 292 g/mol. The van der Waals surface area contributed by atoms with Gasteiger partial charge in [-0.3, -0.25) is 0 Å². The van der Waals surface area contributed by atoms with Gasteiger partial charge in [0.25, 0.3) is 0 Å². The number of urea groups is 1. The third kappa shape index (κ3) is 3.81. The van der Waals surface area contributed by atoms with Crippen molar-refractivity contribution in [3.63, 3.8) is 0 Å². The van der Waals surface area contributed by atoms with Crippen molar-refractivity contribution in [2.75, 3.05) is 6.54 Å². The van der Waals surface area contributed by atoms with Gasteiger partial charge < -0.3 is 20.5 Å². The van der Waals surface area contributed by atoms with Crippen LogP contribution in [0, 0.1) is 0 Å². The van der Waals surface area contributed by atoms with Gasteiger partial charge in [0.1, 0.15) is 11.9 Å². The van der Waals surface area contributed by atoms with Crippen LogP contribution >= 0.6 is 0 Å². The fourth-order valence-electron chi connectivity index (χ4n) is 2.70. The highest BCUT2D eigenvalue weighted by molar-refractivity contribution is 5.73. The molecule has 0 aromatic heterocycles. The number of fused-ring (bicyclic) bond motifs is 1. The molecule has 2 aromatic carbocycles. The number of benzene rings is 2. The van der Waals surface area contributed by atoms with Crippen LogP contribution in [0.25, 0.3) is 0 Å². The molecule has 1 heterocycles. The van der Waals surface area contributed by atoms with Crippen LogP contribution in [0.5, 0.6) is 5.75 Å². The molecule has 1 aliphatic rings. The van der Waals surface area contributed by atoms with Crippen molar-refractivity contribution in [3.8, 4) is 5.75 Å². The molecule has 0 spiro atoms. The molecule has 0 saturated carbocycles. The summed E-state index contributed by atoms with van der Waals surface area (Å²) >= 11 is 0. The molecular formula is C18H20N2O3. The maximum atomic E-state index is 11.9. The zero-order valence-corrected chi connectivity index (χ0v) is 12.8. The molecule has 3 N–H and O–H groups in total. The highest BCUT2D eigenvalue weighted by Crippen LogP contribution is 2.27. The molecule has 120 valence electrons. The molecule has 23 heavy (non-hydrogen) atoms. The van der Waals surface area contributed by atoms with Crippen LogP contribution in [-0.4, -0.2) is 23.8 Å². The van der Waals surface area contributed by atoms with Crippen molar-refractivity contribution in [1.29, 1.82) is 0 Å². The average molecular weight is 312 g/mol. The van der Waals surface area contributed by atoms with Gasteiger partial charge in [-0.2, -0.15) is 0 Å².